The van der Waals surface area contributed by atoms with Crippen LogP contribution in [0.15, 0.2) is 60.9 Å². The van der Waals surface area contributed by atoms with E-state index >= 15 is 0 Å². The first-order chi connectivity index (χ1) is 15.4. The van der Waals surface area contributed by atoms with Crippen LogP contribution in [0, 0.1) is 19.7 Å². The molecule has 4 aromatic rings. The lowest BCUT2D eigenvalue weighted by atomic mass is 10.2. The number of halogens is 1. The summed E-state index contributed by atoms with van der Waals surface area (Å²) in [4.78, 5) is 25.3. The maximum absolute atomic E-state index is 13.8. The van der Waals surface area contributed by atoms with E-state index in [0.717, 1.165) is 11.9 Å². The summed E-state index contributed by atoms with van der Waals surface area (Å²) in [5.74, 6) is 1.96. The van der Waals surface area contributed by atoms with Crippen molar-refractivity contribution in [2.24, 2.45) is 0 Å². The van der Waals surface area contributed by atoms with Gasteiger partial charge in [-0.1, -0.05) is 0 Å². The van der Waals surface area contributed by atoms with Gasteiger partial charge in [0.1, 0.15) is 23.2 Å². The van der Waals surface area contributed by atoms with E-state index in [1.165, 1.54) is 19.2 Å². The quantitative estimate of drug-likeness (QED) is 0.482. The minimum atomic E-state index is -0.603. The molecule has 0 fully saturated rings. The zero-order valence-corrected chi connectivity index (χ0v) is 17.7. The Bertz CT molecular complexity index is 1270. The Hall–Kier alpha value is -4.27. The van der Waals surface area contributed by atoms with Crippen molar-refractivity contribution >= 4 is 11.6 Å². The fourth-order valence-electron chi connectivity index (χ4n) is 3.06. The van der Waals surface area contributed by atoms with Crippen molar-refractivity contribution < 1.29 is 18.7 Å². The number of carbonyl (C=O) groups is 1. The molecule has 9 heteroatoms. The molecule has 0 saturated carbocycles. The molecule has 0 radical (unpaired) electrons. The van der Waals surface area contributed by atoms with E-state index < -0.39 is 11.7 Å². The Morgan fingerprint density at radius 3 is 2.50 bits per heavy atom. The molecule has 2 aromatic heterocycles. The van der Waals surface area contributed by atoms with E-state index in [2.05, 4.69) is 20.3 Å². The maximum Gasteiger partial charge on any atom is 0.255 e. The topological polar surface area (TPSA) is 91.2 Å². The third-order valence-corrected chi connectivity index (χ3v) is 4.62. The van der Waals surface area contributed by atoms with E-state index in [1.807, 2.05) is 17.7 Å². The van der Waals surface area contributed by atoms with Crippen molar-refractivity contribution in [2.75, 3.05) is 12.4 Å². The highest BCUT2D eigenvalue weighted by molar-refractivity contribution is 6.04. The minimum absolute atomic E-state index is 0.0781. The number of carbonyl (C=O) groups excluding carboxylic acids is 1. The summed E-state index contributed by atoms with van der Waals surface area (Å²) in [6, 6.07) is 12.5. The van der Waals surface area contributed by atoms with Crippen LogP contribution in [0.3, 0.4) is 0 Å². The molecule has 0 aliphatic carbocycles. The van der Waals surface area contributed by atoms with E-state index in [0.29, 0.717) is 29.0 Å². The zero-order valence-electron chi connectivity index (χ0n) is 17.7. The van der Waals surface area contributed by atoms with Gasteiger partial charge in [0.05, 0.1) is 7.11 Å². The summed E-state index contributed by atoms with van der Waals surface area (Å²) in [7, 11) is 1.37. The maximum atomic E-state index is 13.8. The number of aryl methyl sites for hydroxylation is 2. The standard InChI is InChI=1S/C23H20FN5O3/c1-14-26-21(29-11-10-25-15(29)2)13-22(27-14)32-18-7-5-17(6-8-18)28-23(30)16-4-9-20(31-3)19(24)12-16/h4-13H,1-3H3,(H,28,30). The number of ether oxygens (including phenoxy) is 2. The summed E-state index contributed by atoms with van der Waals surface area (Å²) in [5, 5.41) is 2.72. The fraction of sp³-hybridized carbons (Fsp3) is 0.130. The number of imidazole rings is 1. The van der Waals surface area contributed by atoms with Crippen LogP contribution in [0.1, 0.15) is 22.0 Å². The van der Waals surface area contributed by atoms with Gasteiger partial charge < -0.3 is 14.8 Å². The van der Waals surface area contributed by atoms with Crippen molar-refractivity contribution in [3.63, 3.8) is 0 Å². The molecule has 1 N–H and O–H groups in total. The van der Waals surface area contributed by atoms with Gasteiger partial charge in [-0.25, -0.2) is 14.4 Å². The second-order valence-corrected chi connectivity index (χ2v) is 6.89. The Morgan fingerprint density at radius 1 is 1.06 bits per heavy atom. The van der Waals surface area contributed by atoms with Crippen LogP contribution >= 0.6 is 0 Å². The van der Waals surface area contributed by atoms with Gasteiger partial charge in [-0.15, -0.1) is 0 Å². The Labute approximate surface area is 183 Å². The van der Waals surface area contributed by atoms with E-state index in [-0.39, 0.29) is 11.3 Å². The number of anilines is 1. The molecule has 0 bridgehead atoms. The molecule has 0 saturated heterocycles. The Kier molecular flexibility index (Phi) is 5.80. The largest absolute Gasteiger partial charge is 0.494 e. The first kappa shape index (κ1) is 21.0. The van der Waals surface area contributed by atoms with Gasteiger partial charge in [0, 0.05) is 29.7 Å². The number of amides is 1. The predicted octanol–water partition coefficient (Wildman–Crippen LogP) is 4.47. The third kappa shape index (κ3) is 4.56. The van der Waals surface area contributed by atoms with Crippen LogP contribution in [-0.4, -0.2) is 32.5 Å². The van der Waals surface area contributed by atoms with Gasteiger partial charge in [0.2, 0.25) is 5.88 Å². The number of nitrogens with one attached hydrogen (secondary N) is 1. The van der Waals surface area contributed by atoms with Gasteiger partial charge >= 0.3 is 0 Å². The second kappa shape index (κ2) is 8.84. The fourth-order valence-corrected chi connectivity index (χ4v) is 3.06. The highest BCUT2D eigenvalue weighted by Gasteiger charge is 2.11. The van der Waals surface area contributed by atoms with Gasteiger partial charge in [0.25, 0.3) is 5.91 Å². The number of hydrogen-bond donors (Lipinski definition) is 1. The first-order valence-electron chi connectivity index (χ1n) is 9.72. The molecule has 4 rings (SSSR count). The van der Waals surface area contributed by atoms with Crippen LogP contribution in [0.25, 0.3) is 5.82 Å². The molecular weight excluding hydrogens is 413 g/mol. The molecule has 32 heavy (non-hydrogen) atoms. The number of benzene rings is 2. The summed E-state index contributed by atoms with van der Waals surface area (Å²) in [6.45, 7) is 3.66. The molecule has 2 heterocycles. The lowest BCUT2D eigenvalue weighted by molar-refractivity contribution is 0.102. The number of methoxy groups -OCH3 is 1. The molecule has 162 valence electrons. The van der Waals surface area contributed by atoms with Gasteiger partial charge in [0.15, 0.2) is 11.6 Å². The van der Waals surface area contributed by atoms with Crippen molar-refractivity contribution in [2.45, 2.75) is 13.8 Å². The molecule has 8 nitrogen and oxygen atoms in total. The molecule has 1 amide bonds. The van der Waals surface area contributed by atoms with Gasteiger partial charge in [-0.05, 0) is 56.3 Å². The average Bonchev–Trinajstić information content (AvgIpc) is 3.20. The summed E-state index contributed by atoms with van der Waals surface area (Å²) in [5.41, 5.74) is 0.717. The monoisotopic (exact) mass is 433 g/mol. The number of aromatic nitrogens is 4. The second-order valence-electron chi connectivity index (χ2n) is 6.89. The lowest BCUT2D eigenvalue weighted by Crippen LogP contribution is -2.12. The SMILES string of the molecule is COc1ccc(C(=O)Nc2ccc(Oc3cc(-n4ccnc4C)nc(C)n3)cc2)cc1F. The van der Waals surface area contributed by atoms with Crippen LogP contribution in [-0.2, 0) is 0 Å². The van der Waals surface area contributed by atoms with Crippen LogP contribution in [0.4, 0.5) is 10.1 Å². The number of rotatable bonds is 6. The first-order valence-corrected chi connectivity index (χ1v) is 9.72. The van der Waals surface area contributed by atoms with Crippen molar-refractivity contribution in [3.8, 4) is 23.2 Å². The normalized spacial score (nSPS) is 10.6. The smallest absolute Gasteiger partial charge is 0.255 e. The molecule has 0 unspecified atom stereocenters. The molecule has 2 aromatic carbocycles. The Balaban J connectivity index is 1.46. The van der Waals surface area contributed by atoms with E-state index in [9.17, 15) is 9.18 Å². The predicted molar refractivity (Wildman–Crippen MR) is 116 cm³/mol. The summed E-state index contributed by atoms with van der Waals surface area (Å²) >= 11 is 0. The molecule has 0 atom stereocenters. The van der Waals surface area contributed by atoms with Crippen molar-refractivity contribution in [1.29, 1.82) is 0 Å². The lowest BCUT2D eigenvalue weighted by Gasteiger charge is -2.10. The third-order valence-electron chi connectivity index (χ3n) is 4.62. The minimum Gasteiger partial charge on any atom is -0.494 e. The molecular formula is C23H20FN5O3. The number of nitrogens with zero attached hydrogens (tertiary/aromatic N) is 4. The van der Waals surface area contributed by atoms with E-state index in [4.69, 9.17) is 9.47 Å². The highest BCUT2D eigenvalue weighted by Crippen LogP contribution is 2.24. The zero-order chi connectivity index (χ0) is 22.7. The molecule has 0 aliphatic rings. The highest BCUT2D eigenvalue weighted by atomic mass is 19.1. The van der Waals surface area contributed by atoms with Crippen LogP contribution < -0.4 is 14.8 Å². The van der Waals surface area contributed by atoms with Crippen molar-refractivity contribution in [1.82, 2.24) is 19.5 Å². The average molecular weight is 433 g/mol. The summed E-state index contributed by atoms with van der Waals surface area (Å²) in [6.07, 6.45) is 3.51. The van der Waals surface area contributed by atoms with Gasteiger partial charge in [-0.2, -0.15) is 4.98 Å². The molecule has 0 spiro atoms. The number of hydrogen-bond acceptors (Lipinski definition) is 6. The van der Waals surface area contributed by atoms with Crippen LogP contribution in [0.5, 0.6) is 17.4 Å². The van der Waals surface area contributed by atoms with Crippen molar-refractivity contribution in [3.05, 3.63) is 84.0 Å². The Morgan fingerprint density at radius 2 is 1.84 bits per heavy atom. The van der Waals surface area contributed by atoms with Crippen LogP contribution in [0.2, 0.25) is 0 Å². The van der Waals surface area contributed by atoms with E-state index in [1.54, 1.807) is 43.5 Å². The summed E-state index contributed by atoms with van der Waals surface area (Å²) < 4.78 is 26.4. The molecule has 0 aliphatic heterocycles. The van der Waals surface area contributed by atoms with Gasteiger partial charge in [-0.3, -0.25) is 9.36 Å².